The smallest absolute Gasteiger partial charge is 0.189 e. The lowest BCUT2D eigenvalue weighted by atomic mass is 10.1. The molecule has 0 saturated carbocycles. The zero-order valence-electron chi connectivity index (χ0n) is 11.3. The van der Waals surface area contributed by atoms with E-state index >= 15 is 0 Å². The number of allylic oxidation sites excluding steroid dienone is 1. The molecule has 2 rings (SSSR count). The molecule has 1 heterocycles. The monoisotopic (exact) mass is 256 g/mol. The lowest BCUT2D eigenvalue weighted by molar-refractivity contribution is 0.104. The third-order valence-electron chi connectivity index (χ3n) is 2.85. The Labute approximate surface area is 112 Å². The minimum atomic E-state index is -0.0508. The third-order valence-corrected chi connectivity index (χ3v) is 2.85. The number of furan rings is 1. The number of ether oxygens (including phenoxy) is 1. The van der Waals surface area contributed by atoms with Crippen molar-refractivity contribution in [1.82, 2.24) is 0 Å². The van der Waals surface area contributed by atoms with E-state index in [9.17, 15) is 4.79 Å². The van der Waals surface area contributed by atoms with E-state index in [1.54, 1.807) is 32.3 Å². The van der Waals surface area contributed by atoms with Crippen LogP contribution in [0.15, 0.2) is 40.8 Å². The Bertz CT molecular complexity index is 603. The van der Waals surface area contributed by atoms with Crippen molar-refractivity contribution in [2.45, 2.75) is 13.8 Å². The number of rotatable bonds is 4. The highest BCUT2D eigenvalue weighted by molar-refractivity contribution is 6.07. The van der Waals surface area contributed by atoms with Crippen molar-refractivity contribution in [3.8, 4) is 5.75 Å². The van der Waals surface area contributed by atoms with Gasteiger partial charge in [0.05, 0.1) is 12.7 Å². The summed E-state index contributed by atoms with van der Waals surface area (Å²) in [4.78, 5) is 12.0. The van der Waals surface area contributed by atoms with Gasteiger partial charge >= 0.3 is 0 Å². The summed E-state index contributed by atoms with van der Waals surface area (Å²) in [6, 6.07) is 9.27. The SMILES string of the molecule is COc1ccc(/C=C/C(=O)c2cc(C)oc2C)cc1. The number of hydrogen-bond acceptors (Lipinski definition) is 3. The Hall–Kier alpha value is -2.29. The number of methoxy groups -OCH3 is 1. The van der Waals surface area contributed by atoms with Crippen molar-refractivity contribution >= 4 is 11.9 Å². The van der Waals surface area contributed by atoms with Crippen LogP contribution in [-0.4, -0.2) is 12.9 Å². The fourth-order valence-corrected chi connectivity index (χ4v) is 1.85. The van der Waals surface area contributed by atoms with Gasteiger partial charge in [-0.25, -0.2) is 0 Å². The molecule has 0 aliphatic rings. The average Bonchev–Trinajstić information content (AvgIpc) is 2.75. The second-order valence-corrected chi connectivity index (χ2v) is 4.30. The molecule has 2 aromatic rings. The van der Waals surface area contributed by atoms with Crippen LogP contribution in [0.3, 0.4) is 0 Å². The Morgan fingerprint density at radius 3 is 2.42 bits per heavy atom. The van der Waals surface area contributed by atoms with Gasteiger partial charge in [0.15, 0.2) is 5.78 Å². The van der Waals surface area contributed by atoms with Crippen molar-refractivity contribution in [2.24, 2.45) is 0 Å². The van der Waals surface area contributed by atoms with Crippen molar-refractivity contribution in [3.63, 3.8) is 0 Å². The fourth-order valence-electron chi connectivity index (χ4n) is 1.85. The van der Waals surface area contributed by atoms with Gasteiger partial charge in [-0.2, -0.15) is 0 Å². The maximum absolute atomic E-state index is 12.0. The van der Waals surface area contributed by atoms with Gasteiger partial charge in [0.2, 0.25) is 0 Å². The van der Waals surface area contributed by atoms with E-state index in [2.05, 4.69) is 0 Å². The second-order valence-electron chi connectivity index (χ2n) is 4.30. The van der Waals surface area contributed by atoms with Gasteiger partial charge in [-0.05, 0) is 43.7 Å². The Balaban J connectivity index is 2.13. The summed E-state index contributed by atoms with van der Waals surface area (Å²) in [6.45, 7) is 3.62. The third kappa shape index (κ3) is 3.13. The van der Waals surface area contributed by atoms with Crippen LogP contribution in [0.4, 0.5) is 0 Å². The molecule has 0 fully saturated rings. The van der Waals surface area contributed by atoms with Crippen LogP contribution in [0, 0.1) is 13.8 Å². The molecule has 0 bridgehead atoms. The molecular formula is C16H16O3. The van der Waals surface area contributed by atoms with Crippen molar-refractivity contribution < 1.29 is 13.9 Å². The highest BCUT2D eigenvalue weighted by Gasteiger charge is 2.10. The molecule has 19 heavy (non-hydrogen) atoms. The number of carbonyl (C=O) groups excluding carboxylic acids is 1. The molecule has 3 heteroatoms. The standard InChI is InChI=1S/C16H16O3/c1-11-10-15(12(2)19-11)16(17)9-6-13-4-7-14(18-3)8-5-13/h4-10H,1-3H3/b9-6+. The van der Waals surface area contributed by atoms with Crippen molar-refractivity contribution in [1.29, 1.82) is 0 Å². The van der Waals surface area contributed by atoms with Crippen LogP contribution in [-0.2, 0) is 0 Å². The first-order valence-electron chi connectivity index (χ1n) is 6.03. The van der Waals surface area contributed by atoms with Gasteiger partial charge in [-0.3, -0.25) is 4.79 Å². The van der Waals surface area contributed by atoms with Crippen molar-refractivity contribution in [2.75, 3.05) is 7.11 Å². The normalized spacial score (nSPS) is 10.9. The van der Waals surface area contributed by atoms with Gasteiger partial charge in [0.1, 0.15) is 17.3 Å². The van der Waals surface area contributed by atoms with Gasteiger partial charge in [0.25, 0.3) is 0 Å². The highest BCUT2D eigenvalue weighted by Crippen LogP contribution is 2.16. The fraction of sp³-hybridized carbons (Fsp3) is 0.188. The molecular weight excluding hydrogens is 240 g/mol. The Kier molecular flexibility index (Phi) is 3.85. The minimum Gasteiger partial charge on any atom is -0.497 e. The molecule has 0 saturated heterocycles. The van der Waals surface area contributed by atoms with E-state index in [4.69, 9.17) is 9.15 Å². The summed E-state index contributed by atoms with van der Waals surface area (Å²) in [5.41, 5.74) is 1.56. The summed E-state index contributed by atoms with van der Waals surface area (Å²) < 4.78 is 10.4. The first kappa shape index (κ1) is 13.1. The molecule has 0 amide bonds. The number of aryl methyl sites for hydroxylation is 2. The molecule has 98 valence electrons. The topological polar surface area (TPSA) is 39.4 Å². The maximum Gasteiger partial charge on any atom is 0.189 e. The predicted octanol–water partition coefficient (Wildman–Crippen LogP) is 3.80. The Morgan fingerprint density at radius 2 is 1.89 bits per heavy atom. The number of carbonyl (C=O) groups is 1. The molecule has 0 radical (unpaired) electrons. The lowest BCUT2D eigenvalue weighted by Crippen LogP contribution is -1.93. The number of hydrogen-bond donors (Lipinski definition) is 0. The van der Waals surface area contributed by atoms with Crippen LogP contribution in [0.25, 0.3) is 6.08 Å². The number of benzene rings is 1. The first-order chi connectivity index (χ1) is 9.10. The predicted molar refractivity (Wildman–Crippen MR) is 74.5 cm³/mol. The molecule has 3 nitrogen and oxygen atoms in total. The van der Waals surface area contributed by atoms with E-state index in [1.165, 1.54) is 0 Å². The first-order valence-corrected chi connectivity index (χ1v) is 6.03. The summed E-state index contributed by atoms with van der Waals surface area (Å²) >= 11 is 0. The zero-order chi connectivity index (χ0) is 13.8. The summed E-state index contributed by atoms with van der Waals surface area (Å²) in [6.07, 6.45) is 3.34. The maximum atomic E-state index is 12.0. The van der Waals surface area contributed by atoms with Crippen LogP contribution in [0.1, 0.15) is 27.4 Å². The quantitative estimate of drug-likeness (QED) is 0.617. The van der Waals surface area contributed by atoms with Crippen LogP contribution < -0.4 is 4.74 Å². The zero-order valence-corrected chi connectivity index (χ0v) is 11.3. The molecule has 0 aliphatic heterocycles. The van der Waals surface area contributed by atoms with Gasteiger partial charge < -0.3 is 9.15 Å². The molecule has 0 atom stereocenters. The molecule has 0 unspecified atom stereocenters. The van der Waals surface area contributed by atoms with Gasteiger partial charge in [0, 0.05) is 0 Å². The number of ketones is 1. The van der Waals surface area contributed by atoms with Gasteiger partial charge in [-0.15, -0.1) is 0 Å². The average molecular weight is 256 g/mol. The summed E-state index contributed by atoms with van der Waals surface area (Å²) in [5, 5.41) is 0. The summed E-state index contributed by atoms with van der Waals surface area (Å²) in [5.74, 6) is 2.15. The second kappa shape index (κ2) is 5.57. The largest absolute Gasteiger partial charge is 0.497 e. The molecule has 0 aliphatic carbocycles. The van der Waals surface area contributed by atoms with Crippen molar-refractivity contribution in [3.05, 3.63) is 59.1 Å². The van der Waals surface area contributed by atoms with Crippen LogP contribution in [0.5, 0.6) is 5.75 Å². The highest BCUT2D eigenvalue weighted by atomic mass is 16.5. The van der Waals surface area contributed by atoms with E-state index < -0.39 is 0 Å². The molecule has 1 aromatic heterocycles. The van der Waals surface area contributed by atoms with E-state index in [-0.39, 0.29) is 5.78 Å². The molecule has 0 spiro atoms. The Morgan fingerprint density at radius 1 is 1.21 bits per heavy atom. The molecule has 1 aromatic carbocycles. The van der Waals surface area contributed by atoms with E-state index in [0.717, 1.165) is 17.1 Å². The minimum absolute atomic E-state index is 0.0508. The van der Waals surface area contributed by atoms with E-state index in [0.29, 0.717) is 11.3 Å². The molecule has 0 N–H and O–H groups in total. The van der Waals surface area contributed by atoms with Crippen LogP contribution >= 0.6 is 0 Å². The van der Waals surface area contributed by atoms with E-state index in [1.807, 2.05) is 31.2 Å². The summed E-state index contributed by atoms with van der Waals surface area (Å²) in [7, 11) is 1.62. The van der Waals surface area contributed by atoms with Crippen LogP contribution in [0.2, 0.25) is 0 Å². The lowest BCUT2D eigenvalue weighted by Gasteiger charge is -1.98. The van der Waals surface area contributed by atoms with Gasteiger partial charge in [-0.1, -0.05) is 18.2 Å².